The summed E-state index contributed by atoms with van der Waals surface area (Å²) >= 11 is 0. The molecule has 5 heteroatoms. The van der Waals surface area contributed by atoms with E-state index >= 15 is 0 Å². The molecule has 22 heavy (non-hydrogen) atoms. The molecule has 0 aliphatic rings. The molecular weight excluding hydrogens is 278 g/mol. The summed E-state index contributed by atoms with van der Waals surface area (Å²) in [5.74, 6) is 1.47. The Morgan fingerprint density at radius 3 is 2.18 bits per heavy atom. The highest BCUT2D eigenvalue weighted by Crippen LogP contribution is 2.25. The van der Waals surface area contributed by atoms with Crippen LogP contribution in [0.3, 0.4) is 0 Å². The first-order valence-corrected chi connectivity index (χ1v) is 6.76. The fourth-order valence-corrected chi connectivity index (χ4v) is 2.10. The Labute approximate surface area is 128 Å². The summed E-state index contributed by atoms with van der Waals surface area (Å²) in [5.41, 5.74) is 3.33. The van der Waals surface area contributed by atoms with Crippen molar-refractivity contribution >= 4 is 0 Å². The number of rotatable bonds is 4. The van der Waals surface area contributed by atoms with Crippen LogP contribution >= 0.6 is 0 Å². The fraction of sp³-hybridized carbons (Fsp3) is 0.118. The van der Waals surface area contributed by atoms with E-state index in [0.717, 1.165) is 28.3 Å². The van der Waals surface area contributed by atoms with E-state index in [1.165, 1.54) is 0 Å². The first-order valence-electron chi connectivity index (χ1n) is 6.76. The summed E-state index contributed by atoms with van der Waals surface area (Å²) in [6.45, 7) is 0. The van der Waals surface area contributed by atoms with Crippen molar-refractivity contribution in [1.29, 1.82) is 0 Å². The first kappa shape index (κ1) is 14.0. The SMILES string of the molecule is COc1cccc(-c2cncc(-c3cncc(OC)c3)n2)c1. The fourth-order valence-electron chi connectivity index (χ4n) is 2.10. The van der Waals surface area contributed by atoms with Gasteiger partial charge < -0.3 is 9.47 Å². The van der Waals surface area contributed by atoms with Gasteiger partial charge in [0.2, 0.25) is 0 Å². The van der Waals surface area contributed by atoms with E-state index in [9.17, 15) is 0 Å². The predicted molar refractivity (Wildman–Crippen MR) is 83.8 cm³/mol. The molecule has 0 bridgehead atoms. The van der Waals surface area contributed by atoms with Crippen molar-refractivity contribution in [3.05, 3.63) is 55.1 Å². The predicted octanol–water partition coefficient (Wildman–Crippen LogP) is 3.22. The Morgan fingerprint density at radius 1 is 0.727 bits per heavy atom. The summed E-state index contributed by atoms with van der Waals surface area (Å²) in [5, 5.41) is 0. The van der Waals surface area contributed by atoms with Crippen molar-refractivity contribution in [3.63, 3.8) is 0 Å². The quantitative estimate of drug-likeness (QED) is 0.739. The van der Waals surface area contributed by atoms with Gasteiger partial charge in [0.1, 0.15) is 11.5 Å². The first-order chi connectivity index (χ1) is 10.8. The molecule has 0 saturated carbocycles. The molecule has 3 rings (SSSR count). The highest BCUT2D eigenvalue weighted by atomic mass is 16.5. The van der Waals surface area contributed by atoms with Crippen molar-refractivity contribution in [2.75, 3.05) is 14.2 Å². The molecule has 0 aliphatic heterocycles. The average molecular weight is 293 g/mol. The minimum Gasteiger partial charge on any atom is -0.497 e. The maximum absolute atomic E-state index is 5.25. The Hall–Kier alpha value is -2.95. The van der Waals surface area contributed by atoms with Crippen LogP contribution in [-0.2, 0) is 0 Å². The van der Waals surface area contributed by atoms with Crippen molar-refractivity contribution < 1.29 is 9.47 Å². The standard InChI is InChI=1S/C17H15N3O2/c1-21-14-5-3-4-12(6-14)16-10-19-11-17(20-16)13-7-15(22-2)9-18-8-13/h3-11H,1-2H3. The van der Waals surface area contributed by atoms with Crippen LogP contribution in [0.1, 0.15) is 0 Å². The number of methoxy groups -OCH3 is 2. The van der Waals surface area contributed by atoms with Crippen LogP contribution in [0.15, 0.2) is 55.1 Å². The van der Waals surface area contributed by atoms with Crippen LogP contribution < -0.4 is 9.47 Å². The van der Waals surface area contributed by atoms with Gasteiger partial charge in [-0.1, -0.05) is 12.1 Å². The maximum Gasteiger partial charge on any atom is 0.137 e. The molecule has 0 aliphatic carbocycles. The second-order valence-electron chi connectivity index (χ2n) is 4.63. The van der Waals surface area contributed by atoms with E-state index in [1.807, 2.05) is 30.3 Å². The van der Waals surface area contributed by atoms with Crippen LogP contribution in [0.25, 0.3) is 22.5 Å². The van der Waals surface area contributed by atoms with E-state index in [1.54, 1.807) is 39.0 Å². The van der Waals surface area contributed by atoms with Gasteiger partial charge in [0.05, 0.1) is 44.2 Å². The lowest BCUT2D eigenvalue weighted by molar-refractivity contribution is 0.413. The van der Waals surface area contributed by atoms with Crippen molar-refractivity contribution in [3.8, 4) is 34.0 Å². The van der Waals surface area contributed by atoms with E-state index in [0.29, 0.717) is 5.75 Å². The third-order valence-corrected chi connectivity index (χ3v) is 3.24. The lowest BCUT2D eigenvalue weighted by Crippen LogP contribution is -1.92. The van der Waals surface area contributed by atoms with Crippen LogP contribution in [0.2, 0.25) is 0 Å². The molecule has 0 amide bonds. The second-order valence-corrected chi connectivity index (χ2v) is 4.63. The van der Waals surface area contributed by atoms with Crippen LogP contribution in [0, 0.1) is 0 Å². The van der Waals surface area contributed by atoms with Gasteiger partial charge in [0, 0.05) is 17.3 Å². The van der Waals surface area contributed by atoms with Crippen LogP contribution in [0.5, 0.6) is 11.5 Å². The topological polar surface area (TPSA) is 57.1 Å². The molecule has 110 valence electrons. The molecule has 0 fully saturated rings. The van der Waals surface area contributed by atoms with Crippen molar-refractivity contribution in [2.24, 2.45) is 0 Å². The minimum absolute atomic E-state index is 0.686. The number of hydrogen-bond acceptors (Lipinski definition) is 5. The lowest BCUT2D eigenvalue weighted by Gasteiger charge is -2.07. The smallest absolute Gasteiger partial charge is 0.137 e. The number of nitrogens with zero attached hydrogens (tertiary/aromatic N) is 3. The highest BCUT2D eigenvalue weighted by Gasteiger charge is 2.06. The Bertz CT molecular complexity index is 727. The van der Waals surface area contributed by atoms with Crippen LogP contribution in [0.4, 0.5) is 0 Å². The Morgan fingerprint density at radius 2 is 1.41 bits per heavy atom. The third-order valence-electron chi connectivity index (χ3n) is 3.24. The van der Waals surface area contributed by atoms with Crippen LogP contribution in [-0.4, -0.2) is 29.2 Å². The molecule has 2 heterocycles. The number of hydrogen-bond donors (Lipinski definition) is 0. The molecule has 5 nitrogen and oxygen atoms in total. The average Bonchev–Trinajstić information content (AvgIpc) is 2.62. The molecule has 3 aromatic rings. The van der Waals surface area contributed by atoms with Crippen molar-refractivity contribution in [1.82, 2.24) is 15.0 Å². The maximum atomic E-state index is 5.25. The summed E-state index contributed by atoms with van der Waals surface area (Å²) in [7, 11) is 3.25. The monoisotopic (exact) mass is 293 g/mol. The van der Waals surface area contributed by atoms with Gasteiger partial charge in [-0.15, -0.1) is 0 Å². The second kappa shape index (κ2) is 6.22. The van der Waals surface area contributed by atoms with E-state index in [4.69, 9.17) is 9.47 Å². The molecule has 2 aromatic heterocycles. The van der Waals surface area contributed by atoms with Gasteiger partial charge in [-0.25, -0.2) is 4.98 Å². The molecule has 0 spiro atoms. The zero-order valence-corrected chi connectivity index (χ0v) is 12.4. The van der Waals surface area contributed by atoms with Gasteiger partial charge in [0.25, 0.3) is 0 Å². The third kappa shape index (κ3) is 2.88. The van der Waals surface area contributed by atoms with E-state index in [2.05, 4.69) is 15.0 Å². The zero-order chi connectivity index (χ0) is 15.4. The zero-order valence-electron chi connectivity index (χ0n) is 12.4. The number of benzene rings is 1. The van der Waals surface area contributed by atoms with E-state index < -0.39 is 0 Å². The number of pyridine rings is 1. The van der Waals surface area contributed by atoms with Gasteiger partial charge >= 0.3 is 0 Å². The molecule has 0 N–H and O–H groups in total. The molecular formula is C17H15N3O2. The summed E-state index contributed by atoms with van der Waals surface area (Å²) in [6.07, 6.45) is 6.83. The minimum atomic E-state index is 0.686. The number of ether oxygens (including phenoxy) is 2. The Kier molecular flexibility index (Phi) is 3.96. The summed E-state index contributed by atoms with van der Waals surface area (Å²) in [6, 6.07) is 9.60. The van der Waals surface area contributed by atoms with Crippen molar-refractivity contribution in [2.45, 2.75) is 0 Å². The Balaban J connectivity index is 2.01. The number of aromatic nitrogens is 3. The molecule has 0 unspecified atom stereocenters. The largest absolute Gasteiger partial charge is 0.497 e. The van der Waals surface area contributed by atoms with Gasteiger partial charge in [-0.05, 0) is 18.2 Å². The van der Waals surface area contributed by atoms with E-state index in [-0.39, 0.29) is 0 Å². The molecule has 0 radical (unpaired) electrons. The lowest BCUT2D eigenvalue weighted by atomic mass is 10.1. The molecule has 0 atom stereocenters. The molecule has 0 saturated heterocycles. The van der Waals surface area contributed by atoms with Gasteiger partial charge in [-0.2, -0.15) is 0 Å². The summed E-state index contributed by atoms with van der Waals surface area (Å²) in [4.78, 5) is 13.1. The van der Waals surface area contributed by atoms with Gasteiger partial charge in [-0.3, -0.25) is 9.97 Å². The van der Waals surface area contributed by atoms with Gasteiger partial charge in [0.15, 0.2) is 0 Å². The highest BCUT2D eigenvalue weighted by molar-refractivity contribution is 5.65. The molecule has 1 aromatic carbocycles. The summed E-state index contributed by atoms with van der Waals surface area (Å²) < 4.78 is 10.4. The normalized spacial score (nSPS) is 10.3.